The molecule has 0 bridgehead atoms. The van der Waals surface area contributed by atoms with Gasteiger partial charge in [-0.05, 0) is 50.7 Å². The molecule has 3 heterocycles. The van der Waals surface area contributed by atoms with Gasteiger partial charge in [0.15, 0.2) is 5.69 Å². The maximum Gasteiger partial charge on any atom is 0.328 e. The Hall–Kier alpha value is -4.27. The summed E-state index contributed by atoms with van der Waals surface area (Å²) in [4.78, 5) is 55.7. The smallest absolute Gasteiger partial charge is 0.328 e. The summed E-state index contributed by atoms with van der Waals surface area (Å²) >= 11 is 0. The second kappa shape index (κ2) is 20.3. The van der Waals surface area contributed by atoms with Gasteiger partial charge < -0.3 is 39.5 Å². The molecule has 0 radical (unpaired) electrons. The second-order valence-corrected chi connectivity index (χ2v) is 12.3. The molecule has 49 heavy (non-hydrogen) atoms. The molecule has 2 aromatic rings. The largest absolute Gasteiger partial charge is 0.478 e. The molecule has 2 aliphatic heterocycles. The van der Waals surface area contributed by atoms with Crippen LogP contribution in [0, 0.1) is 11.8 Å². The van der Waals surface area contributed by atoms with Crippen LogP contribution in [0.5, 0.6) is 6.01 Å². The topological polar surface area (TPSA) is 173 Å². The number of aromatic nitrogens is 2. The van der Waals surface area contributed by atoms with Gasteiger partial charge in [-0.25, -0.2) is 9.59 Å². The van der Waals surface area contributed by atoms with Crippen molar-refractivity contribution in [1.82, 2.24) is 24.7 Å². The van der Waals surface area contributed by atoms with Crippen LogP contribution in [0.15, 0.2) is 42.5 Å². The summed E-state index contributed by atoms with van der Waals surface area (Å²) < 4.78 is 18.7. The van der Waals surface area contributed by atoms with Gasteiger partial charge in [-0.2, -0.15) is 4.98 Å². The Balaban J connectivity index is 0.000000723. The molecule has 3 N–H and O–H groups in total. The molecule has 1 aromatic heterocycles. The van der Waals surface area contributed by atoms with Gasteiger partial charge in [0.1, 0.15) is 0 Å². The molecule has 4 rings (SSSR count). The van der Waals surface area contributed by atoms with Gasteiger partial charge in [0.25, 0.3) is 5.91 Å². The third-order valence-corrected chi connectivity index (χ3v) is 8.08. The molecule has 0 aliphatic carbocycles. The fourth-order valence-electron chi connectivity index (χ4n) is 5.90. The Morgan fingerprint density at radius 2 is 1.73 bits per heavy atom. The predicted molar refractivity (Wildman–Crippen MR) is 182 cm³/mol. The van der Waals surface area contributed by atoms with Crippen LogP contribution >= 0.6 is 0 Å². The van der Waals surface area contributed by atoms with E-state index in [1.165, 1.54) is 0 Å². The molecule has 2 atom stereocenters. The number of unbranched alkanes of at least 4 members (excludes halogenated alkanes) is 1. The summed E-state index contributed by atoms with van der Waals surface area (Å²) in [7, 11) is 1.70. The molecule has 270 valence electrons. The first-order chi connectivity index (χ1) is 23.6. The van der Waals surface area contributed by atoms with E-state index in [1.54, 1.807) is 7.11 Å². The number of para-hydroxylation sites is 1. The van der Waals surface area contributed by atoms with Crippen molar-refractivity contribution in [3.05, 3.63) is 53.9 Å². The summed E-state index contributed by atoms with van der Waals surface area (Å²) in [6.07, 6.45) is 4.13. The van der Waals surface area contributed by atoms with Crippen molar-refractivity contribution >= 4 is 23.8 Å². The summed E-state index contributed by atoms with van der Waals surface area (Å²) in [5.74, 6) is -2.40. The number of hydrogen-bond donors (Lipinski definition) is 3. The fraction of sp³-hybridized carbons (Fsp3) is 0.571. The number of amides is 2. The van der Waals surface area contributed by atoms with Gasteiger partial charge in [-0.15, -0.1) is 0 Å². The fourth-order valence-corrected chi connectivity index (χ4v) is 5.90. The van der Waals surface area contributed by atoms with Crippen LogP contribution in [0.4, 0.5) is 0 Å². The highest BCUT2D eigenvalue weighted by Crippen LogP contribution is 2.29. The Kier molecular flexibility index (Phi) is 16.2. The number of benzene rings is 1. The normalized spacial score (nSPS) is 17.8. The highest BCUT2D eigenvalue weighted by atomic mass is 16.5. The molecule has 14 nitrogen and oxygen atoms in total. The van der Waals surface area contributed by atoms with Gasteiger partial charge in [0.2, 0.25) is 5.91 Å². The van der Waals surface area contributed by atoms with E-state index >= 15 is 0 Å². The lowest BCUT2D eigenvalue weighted by Gasteiger charge is -2.40. The van der Waals surface area contributed by atoms with Crippen molar-refractivity contribution < 1.29 is 43.6 Å². The Labute approximate surface area is 288 Å². The number of hydrogen-bond acceptors (Lipinski definition) is 9. The van der Waals surface area contributed by atoms with Gasteiger partial charge >= 0.3 is 17.9 Å². The van der Waals surface area contributed by atoms with Crippen molar-refractivity contribution in [1.29, 1.82) is 0 Å². The van der Waals surface area contributed by atoms with Crippen molar-refractivity contribution in [3.63, 3.8) is 0 Å². The minimum absolute atomic E-state index is 0.109. The summed E-state index contributed by atoms with van der Waals surface area (Å²) in [5, 5.41) is 19.1. The Morgan fingerprint density at radius 1 is 1.06 bits per heavy atom. The van der Waals surface area contributed by atoms with E-state index in [0.717, 1.165) is 24.2 Å². The maximum atomic E-state index is 14.5. The van der Waals surface area contributed by atoms with Gasteiger partial charge in [0, 0.05) is 64.6 Å². The van der Waals surface area contributed by atoms with E-state index in [9.17, 15) is 19.2 Å². The Morgan fingerprint density at radius 3 is 2.33 bits per heavy atom. The highest BCUT2D eigenvalue weighted by molar-refractivity contribution is 5.94. The zero-order valence-corrected chi connectivity index (χ0v) is 29.0. The van der Waals surface area contributed by atoms with Crippen LogP contribution in [0.1, 0.15) is 56.2 Å². The monoisotopic (exact) mass is 685 g/mol. The summed E-state index contributed by atoms with van der Waals surface area (Å²) in [5.41, 5.74) is 2.19. The average molecular weight is 686 g/mol. The quantitative estimate of drug-likeness (QED) is 0.186. The number of ether oxygens (including phenoxy) is 3. The van der Waals surface area contributed by atoms with Gasteiger partial charge in [0.05, 0.1) is 37.1 Å². The molecule has 2 saturated heterocycles. The molecular weight excluding hydrogens is 634 g/mol. The number of morpholine rings is 1. The van der Waals surface area contributed by atoms with Crippen molar-refractivity contribution in [3.8, 4) is 11.7 Å². The van der Waals surface area contributed by atoms with E-state index in [2.05, 4.69) is 19.2 Å². The van der Waals surface area contributed by atoms with Crippen LogP contribution in [-0.4, -0.2) is 126 Å². The number of carbonyl (C=O) groups is 4. The number of carboxylic acids is 2. The molecule has 1 aromatic carbocycles. The highest BCUT2D eigenvalue weighted by Gasteiger charge is 2.37. The zero-order chi connectivity index (χ0) is 35.8. The molecule has 0 spiro atoms. The standard InChI is InChI=1S/C31H47N5O5.C4H4O4/c1-5-41-31-33-28(27(13-9-10-16-39-4)36(31)25-11-7-6-8-12-25)30(38)35(22-23(2)3)26-19-24(20-32-21-26)29(37)34-14-17-40-18-15-34;5-3(6)1-2-4(7)8/h6-8,11-12,23-24,26,32H,5,9-10,13-22H2,1-4H3;1-2H,(H,5,6)(H,7,8)/t24-,26+;/m1./s1. The Bertz CT molecular complexity index is 1370. The lowest BCUT2D eigenvalue weighted by molar-refractivity contribution is -0.140. The van der Waals surface area contributed by atoms with Crippen molar-refractivity contribution in [2.45, 2.75) is 52.5 Å². The molecule has 2 fully saturated rings. The number of nitrogens with zero attached hydrogens (tertiary/aromatic N) is 4. The van der Waals surface area contributed by atoms with E-state index in [4.69, 9.17) is 29.4 Å². The first kappa shape index (κ1) is 39.2. The molecule has 2 amide bonds. The first-order valence-corrected chi connectivity index (χ1v) is 16.9. The lowest BCUT2D eigenvalue weighted by atomic mass is 9.92. The number of carboxylic acid groups (broad SMARTS) is 2. The first-order valence-electron chi connectivity index (χ1n) is 16.9. The van der Waals surface area contributed by atoms with Crippen LogP contribution in [0.25, 0.3) is 5.69 Å². The van der Waals surface area contributed by atoms with Gasteiger partial charge in [-0.1, -0.05) is 32.0 Å². The third-order valence-electron chi connectivity index (χ3n) is 8.08. The molecule has 2 aliphatic rings. The SMILES string of the molecule is CCOc1nc(C(=O)N(CC(C)C)[C@@H]2CNC[C@H](C(=O)N3CCOCC3)C2)c(CCCCOC)n1-c1ccccc1.O=C(O)C=CC(=O)O. The van der Waals surface area contributed by atoms with E-state index in [1.807, 2.05) is 51.6 Å². The summed E-state index contributed by atoms with van der Waals surface area (Å²) in [6, 6.07) is 10.3. The van der Waals surface area contributed by atoms with Crippen molar-refractivity contribution in [2.75, 3.05) is 66.3 Å². The molecule has 14 heteroatoms. The van der Waals surface area contributed by atoms with Crippen LogP contribution in [0.3, 0.4) is 0 Å². The number of aliphatic carboxylic acids is 2. The average Bonchev–Trinajstić information content (AvgIpc) is 3.46. The predicted octanol–water partition coefficient (Wildman–Crippen LogP) is 2.89. The third kappa shape index (κ3) is 12.0. The van der Waals surface area contributed by atoms with Crippen LogP contribution in [-0.2, 0) is 30.3 Å². The molecule has 0 saturated carbocycles. The molecular formula is C35H51N5O9. The lowest BCUT2D eigenvalue weighted by Crippen LogP contribution is -2.56. The van der Waals surface area contributed by atoms with Gasteiger partial charge in [-0.3, -0.25) is 14.2 Å². The van der Waals surface area contributed by atoms with E-state index < -0.39 is 11.9 Å². The number of piperidine rings is 1. The summed E-state index contributed by atoms with van der Waals surface area (Å²) in [6.45, 7) is 11.5. The second-order valence-electron chi connectivity index (χ2n) is 12.3. The minimum atomic E-state index is -1.26. The molecule has 0 unspecified atom stereocenters. The van der Waals surface area contributed by atoms with Crippen LogP contribution < -0.4 is 10.1 Å². The van der Waals surface area contributed by atoms with Crippen molar-refractivity contribution in [2.24, 2.45) is 11.8 Å². The number of rotatable bonds is 15. The number of imidazole rings is 1. The van der Waals surface area contributed by atoms with Crippen LogP contribution in [0.2, 0.25) is 0 Å². The number of nitrogens with one attached hydrogen (secondary N) is 1. The number of carbonyl (C=O) groups excluding carboxylic acids is 2. The zero-order valence-electron chi connectivity index (χ0n) is 29.0. The van der Waals surface area contributed by atoms with E-state index in [0.29, 0.717) is 95.8 Å². The van der Waals surface area contributed by atoms with E-state index in [-0.39, 0.29) is 29.7 Å². The minimum Gasteiger partial charge on any atom is -0.478 e. The maximum absolute atomic E-state index is 14.5. The number of methoxy groups -OCH3 is 1.